The molecule has 0 radical (unpaired) electrons. The van der Waals surface area contributed by atoms with Gasteiger partial charge in [-0.05, 0) is 25.7 Å². The van der Waals surface area contributed by atoms with Crippen molar-refractivity contribution in [3.8, 4) is 0 Å². The average Bonchev–Trinajstić information content (AvgIpc) is 2.41. The summed E-state index contributed by atoms with van der Waals surface area (Å²) in [4.78, 5) is 0. The first-order valence-electron chi connectivity index (χ1n) is 9.04. The third kappa shape index (κ3) is 16.2. The van der Waals surface area contributed by atoms with Gasteiger partial charge in [0, 0.05) is 0 Å². The Morgan fingerprint density at radius 3 is 1.59 bits per heavy atom. The van der Waals surface area contributed by atoms with Crippen LogP contribution in [0.2, 0.25) is 0 Å². The van der Waals surface area contributed by atoms with Gasteiger partial charge < -0.3 is 4.48 Å². The molecular weight excluding hydrogens is 298 g/mol. The van der Waals surface area contributed by atoms with E-state index in [0.717, 1.165) is 24.0 Å². The monoisotopic (exact) mass is 336 g/mol. The number of nitrogens with zero attached hydrogens (tertiary/aromatic N) is 1. The van der Waals surface area contributed by atoms with Crippen LogP contribution < -0.4 is 0 Å². The highest BCUT2D eigenvalue weighted by Gasteiger charge is 2.14. The van der Waals surface area contributed by atoms with E-state index in [1.165, 1.54) is 57.8 Å². The van der Waals surface area contributed by atoms with E-state index in [9.17, 15) is 8.42 Å². The summed E-state index contributed by atoms with van der Waals surface area (Å²) in [6.07, 6.45) is 13.5. The normalized spacial score (nSPS) is 12.7. The molecule has 5 heteroatoms. The van der Waals surface area contributed by atoms with Crippen molar-refractivity contribution >= 4 is 10.1 Å². The zero-order chi connectivity index (χ0) is 16.9. The number of rotatable bonds is 15. The molecule has 0 atom stereocenters. The van der Waals surface area contributed by atoms with Gasteiger partial charge in [-0.2, -0.15) is 8.42 Å². The van der Waals surface area contributed by atoms with Crippen LogP contribution in [0.4, 0.5) is 0 Å². The van der Waals surface area contributed by atoms with Crippen LogP contribution in [0.3, 0.4) is 0 Å². The highest BCUT2D eigenvalue weighted by Crippen LogP contribution is 2.11. The fraction of sp³-hybridized carbons (Fsp3) is 1.00. The molecular formula is C17H38NO3S+. The van der Waals surface area contributed by atoms with E-state index < -0.39 is 10.1 Å². The molecule has 0 aliphatic heterocycles. The van der Waals surface area contributed by atoms with Gasteiger partial charge in [-0.15, -0.1) is 0 Å². The van der Waals surface area contributed by atoms with Gasteiger partial charge in [0.25, 0.3) is 10.1 Å². The van der Waals surface area contributed by atoms with Crippen LogP contribution in [0.5, 0.6) is 0 Å². The zero-order valence-electron chi connectivity index (χ0n) is 15.0. The quantitative estimate of drug-likeness (QED) is 0.276. The molecule has 0 saturated heterocycles. The summed E-state index contributed by atoms with van der Waals surface area (Å²) in [7, 11) is 0.628. The highest BCUT2D eigenvalue weighted by molar-refractivity contribution is 7.85. The van der Waals surface area contributed by atoms with E-state index in [0.29, 0.717) is 6.42 Å². The van der Waals surface area contributed by atoms with Crippen molar-refractivity contribution in [3.05, 3.63) is 0 Å². The Balaban J connectivity index is 3.47. The summed E-state index contributed by atoms with van der Waals surface area (Å²) in [6.45, 7) is 4.39. The summed E-state index contributed by atoms with van der Waals surface area (Å²) < 4.78 is 31.0. The first kappa shape index (κ1) is 21.9. The van der Waals surface area contributed by atoms with Crippen LogP contribution in [0, 0.1) is 0 Å². The van der Waals surface area contributed by atoms with Crippen LogP contribution in [-0.2, 0) is 10.1 Å². The largest absolute Gasteiger partial charge is 0.328 e. The zero-order valence-corrected chi connectivity index (χ0v) is 15.8. The lowest BCUT2D eigenvalue weighted by Gasteiger charge is -2.29. The molecule has 0 aliphatic rings. The summed E-state index contributed by atoms with van der Waals surface area (Å²) in [5.74, 6) is -0.106. The van der Waals surface area contributed by atoms with Crippen molar-refractivity contribution in [2.24, 2.45) is 0 Å². The Labute approximate surface area is 138 Å². The van der Waals surface area contributed by atoms with Gasteiger partial charge in [0.1, 0.15) is 0 Å². The minimum atomic E-state index is -3.78. The third-order valence-corrected chi connectivity index (χ3v) is 5.09. The van der Waals surface area contributed by atoms with Crippen LogP contribution >= 0.6 is 0 Å². The molecule has 134 valence electrons. The van der Waals surface area contributed by atoms with Crippen LogP contribution in [0.15, 0.2) is 0 Å². The predicted molar refractivity (Wildman–Crippen MR) is 94.7 cm³/mol. The van der Waals surface area contributed by atoms with Crippen molar-refractivity contribution in [2.45, 2.75) is 77.6 Å². The second kappa shape index (κ2) is 12.3. The molecule has 0 aromatic heterocycles. The molecule has 0 aromatic rings. The third-order valence-electron chi connectivity index (χ3n) is 4.28. The first-order valence-corrected chi connectivity index (χ1v) is 10.6. The molecule has 0 rings (SSSR count). The first-order chi connectivity index (χ1) is 10.3. The van der Waals surface area contributed by atoms with Crippen LogP contribution in [0.1, 0.15) is 77.6 Å². The molecule has 0 saturated carbocycles. The van der Waals surface area contributed by atoms with E-state index in [1.807, 2.05) is 0 Å². The van der Waals surface area contributed by atoms with Crippen molar-refractivity contribution in [1.29, 1.82) is 0 Å². The molecule has 1 N–H and O–H groups in total. The molecule has 0 heterocycles. The van der Waals surface area contributed by atoms with Gasteiger partial charge in [0.2, 0.25) is 0 Å². The summed E-state index contributed by atoms with van der Waals surface area (Å²) in [5.41, 5.74) is 0. The lowest BCUT2D eigenvalue weighted by Crippen LogP contribution is -2.41. The molecule has 4 nitrogen and oxygen atoms in total. The Hall–Kier alpha value is -0.130. The van der Waals surface area contributed by atoms with E-state index >= 15 is 0 Å². The topological polar surface area (TPSA) is 54.4 Å². The maximum absolute atomic E-state index is 10.7. The number of unbranched alkanes of at least 4 members (excludes halogenated alkanes) is 9. The van der Waals surface area contributed by atoms with Crippen LogP contribution in [-0.4, -0.2) is 50.4 Å². The molecule has 22 heavy (non-hydrogen) atoms. The second-order valence-corrected chi connectivity index (χ2v) is 8.78. The Morgan fingerprint density at radius 1 is 0.727 bits per heavy atom. The molecule has 0 aromatic carbocycles. The second-order valence-electron chi connectivity index (χ2n) is 7.20. The number of quaternary nitrogens is 1. The van der Waals surface area contributed by atoms with Gasteiger partial charge in [-0.1, -0.05) is 51.9 Å². The highest BCUT2D eigenvalue weighted by atomic mass is 32.2. The minimum absolute atomic E-state index is 0.106. The van der Waals surface area contributed by atoms with E-state index in [2.05, 4.69) is 21.0 Å². The molecule has 0 unspecified atom stereocenters. The van der Waals surface area contributed by atoms with Gasteiger partial charge in [-0.3, -0.25) is 4.55 Å². The van der Waals surface area contributed by atoms with Crippen molar-refractivity contribution in [3.63, 3.8) is 0 Å². The van der Waals surface area contributed by atoms with E-state index in [4.69, 9.17) is 4.55 Å². The van der Waals surface area contributed by atoms with Gasteiger partial charge in [-0.25, -0.2) is 0 Å². The van der Waals surface area contributed by atoms with E-state index in [-0.39, 0.29) is 5.75 Å². The molecule has 0 amide bonds. The fourth-order valence-electron chi connectivity index (χ4n) is 2.79. The van der Waals surface area contributed by atoms with Crippen molar-refractivity contribution in [1.82, 2.24) is 0 Å². The van der Waals surface area contributed by atoms with Gasteiger partial charge >= 0.3 is 0 Å². The lowest BCUT2D eigenvalue weighted by atomic mass is 10.1. The Bertz CT molecular complexity index is 353. The van der Waals surface area contributed by atoms with Crippen LogP contribution in [0.25, 0.3) is 0 Å². The Kier molecular flexibility index (Phi) is 12.2. The smallest absolute Gasteiger partial charge is 0.264 e. The summed E-state index contributed by atoms with van der Waals surface area (Å²) >= 11 is 0. The minimum Gasteiger partial charge on any atom is -0.328 e. The SMILES string of the molecule is CCCCCCCCCCC[N+](C)(C)CCCCS(=O)(=O)O. The summed E-state index contributed by atoms with van der Waals surface area (Å²) in [6, 6.07) is 0. The summed E-state index contributed by atoms with van der Waals surface area (Å²) in [5, 5.41) is 0. The maximum Gasteiger partial charge on any atom is 0.264 e. The molecule has 0 fully saturated rings. The number of hydrogen-bond acceptors (Lipinski definition) is 2. The van der Waals surface area contributed by atoms with Gasteiger partial charge in [0.05, 0.1) is 32.9 Å². The van der Waals surface area contributed by atoms with Crippen molar-refractivity contribution < 1.29 is 17.5 Å². The predicted octanol–water partition coefficient (Wildman–Crippen LogP) is 4.26. The van der Waals surface area contributed by atoms with Crippen molar-refractivity contribution in [2.75, 3.05) is 32.9 Å². The fourth-order valence-corrected chi connectivity index (χ4v) is 3.36. The maximum atomic E-state index is 10.7. The Morgan fingerprint density at radius 2 is 1.14 bits per heavy atom. The lowest BCUT2D eigenvalue weighted by molar-refractivity contribution is -0.890. The standard InChI is InChI=1S/C17H37NO3S/c1-4-5-6-7-8-9-10-11-12-15-18(2,3)16-13-14-17-22(19,20)21/h4-17H2,1-3H3/p+1. The van der Waals surface area contributed by atoms with Gasteiger partial charge in [0.15, 0.2) is 0 Å². The molecule has 0 aliphatic carbocycles. The van der Waals surface area contributed by atoms with E-state index in [1.54, 1.807) is 0 Å². The molecule has 0 bridgehead atoms. The molecule has 0 spiro atoms. The number of hydrogen-bond donors (Lipinski definition) is 1. The average molecular weight is 337 g/mol.